The average Bonchev–Trinajstić information content (AvgIpc) is 2.59. The van der Waals surface area contributed by atoms with Gasteiger partial charge in [0.2, 0.25) is 0 Å². The number of carbonyl (C=O) groups is 1. The zero-order valence-electron chi connectivity index (χ0n) is 13.9. The third-order valence-corrected chi connectivity index (χ3v) is 3.81. The summed E-state index contributed by atoms with van der Waals surface area (Å²) in [7, 11) is 1.52. The minimum absolute atomic E-state index is 0.199. The van der Waals surface area contributed by atoms with Gasteiger partial charge in [-0.1, -0.05) is 12.1 Å². The highest BCUT2D eigenvalue weighted by Gasteiger charge is 2.11. The largest absolute Gasteiger partial charge is 0.493 e. The summed E-state index contributed by atoms with van der Waals surface area (Å²) in [5, 5.41) is 0. The van der Waals surface area contributed by atoms with E-state index in [0.717, 1.165) is 5.56 Å². The van der Waals surface area contributed by atoms with Crippen LogP contribution >= 0.6 is 15.9 Å². The number of esters is 1. The van der Waals surface area contributed by atoms with Gasteiger partial charge in [0.15, 0.2) is 11.5 Å². The number of ether oxygens (including phenoxy) is 3. The van der Waals surface area contributed by atoms with Crippen LogP contribution in [-0.2, 0) is 16.1 Å². The molecule has 0 fully saturated rings. The zero-order valence-corrected chi connectivity index (χ0v) is 15.5. The van der Waals surface area contributed by atoms with Crippen LogP contribution in [0.2, 0.25) is 0 Å². The second-order valence-corrected chi connectivity index (χ2v) is 5.89. The number of benzene rings is 2. The van der Waals surface area contributed by atoms with E-state index in [0.29, 0.717) is 28.1 Å². The first-order chi connectivity index (χ1) is 12.0. The molecule has 0 N–H and O–H groups in total. The Morgan fingerprint density at radius 3 is 2.76 bits per heavy atom. The van der Waals surface area contributed by atoms with Crippen LogP contribution in [0.15, 0.2) is 46.9 Å². The van der Waals surface area contributed by atoms with E-state index in [1.165, 1.54) is 25.3 Å². The van der Waals surface area contributed by atoms with Crippen molar-refractivity contribution in [1.29, 1.82) is 0 Å². The maximum atomic E-state index is 13.2. The second-order valence-electron chi connectivity index (χ2n) is 5.04. The molecule has 0 aliphatic rings. The highest BCUT2D eigenvalue weighted by Crippen LogP contribution is 2.37. The van der Waals surface area contributed by atoms with E-state index in [2.05, 4.69) is 15.9 Å². The fraction of sp³-hybridized carbons (Fsp3) is 0.211. The van der Waals surface area contributed by atoms with Gasteiger partial charge in [-0.15, -0.1) is 0 Å². The molecule has 0 aliphatic carbocycles. The molecule has 0 aromatic heterocycles. The van der Waals surface area contributed by atoms with Crippen molar-refractivity contribution in [3.05, 3.63) is 63.9 Å². The van der Waals surface area contributed by atoms with Gasteiger partial charge in [-0.05, 0) is 64.3 Å². The predicted octanol–water partition coefficient (Wildman–Crippen LogP) is 4.75. The van der Waals surface area contributed by atoms with Gasteiger partial charge < -0.3 is 14.2 Å². The first kappa shape index (κ1) is 19.0. The van der Waals surface area contributed by atoms with Crippen molar-refractivity contribution in [1.82, 2.24) is 0 Å². The molecule has 0 bridgehead atoms. The number of hydrogen-bond acceptors (Lipinski definition) is 4. The van der Waals surface area contributed by atoms with Gasteiger partial charge >= 0.3 is 5.97 Å². The number of rotatable bonds is 7. The van der Waals surface area contributed by atoms with Crippen molar-refractivity contribution >= 4 is 28.0 Å². The van der Waals surface area contributed by atoms with Crippen LogP contribution in [0.3, 0.4) is 0 Å². The van der Waals surface area contributed by atoms with Crippen LogP contribution in [0.5, 0.6) is 11.5 Å². The number of halogens is 2. The zero-order chi connectivity index (χ0) is 18.2. The maximum Gasteiger partial charge on any atom is 0.330 e. The smallest absolute Gasteiger partial charge is 0.330 e. The summed E-state index contributed by atoms with van der Waals surface area (Å²) in [6.45, 7) is 2.27. The molecule has 0 heterocycles. The van der Waals surface area contributed by atoms with Crippen LogP contribution in [0, 0.1) is 5.82 Å². The lowest BCUT2D eigenvalue weighted by molar-refractivity contribution is -0.137. The van der Waals surface area contributed by atoms with E-state index in [1.807, 2.05) is 0 Å². The summed E-state index contributed by atoms with van der Waals surface area (Å²) < 4.78 is 29.9. The lowest BCUT2D eigenvalue weighted by Gasteiger charge is -2.13. The van der Waals surface area contributed by atoms with Gasteiger partial charge in [-0.25, -0.2) is 9.18 Å². The van der Waals surface area contributed by atoms with Gasteiger partial charge in [0.05, 0.1) is 18.2 Å². The summed E-state index contributed by atoms with van der Waals surface area (Å²) in [6, 6.07) is 9.73. The molecule has 2 aromatic carbocycles. The van der Waals surface area contributed by atoms with Crippen LogP contribution in [0.1, 0.15) is 18.1 Å². The normalized spacial score (nSPS) is 10.7. The van der Waals surface area contributed by atoms with Gasteiger partial charge in [0.25, 0.3) is 0 Å². The van der Waals surface area contributed by atoms with Crippen molar-refractivity contribution in [2.45, 2.75) is 13.5 Å². The van der Waals surface area contributed by atoms with Gasteiger partial charge in [-0.2, -0.15) is 0 Å². The lowest BCUT2D eigenvalue weighted by Crippen LogP contribution is -2.00. The number of methoxy groups -OCH3 is 1. The van der Waals surface area contributed by atoms with E-state index in [1.54, 1.807) is 37.3 Å². The van der Waals surface area contributed by atoms with Crippen LogP contribution < -0.4 is 9.47 Å². The summed E-state index contributed by atoms with van der Waals surface area (Å²) >= 11 is 3.44. The van der Waals surface area contributed by atoms with Gasteiger partial charge in [0, 0.05) is 6.08 Å². The summed E-state index contributed by atoms with van der Waals surface area (Å²) in [5.74, 6) is 0.268. The van der Waals surface area contributed by atoms with Crippen molar-refractivity contribution < 1.29 is 23.4 Å². The monoisotopic (exact) mass is 408 g/mol. The predicted molar refractivity (Wildman–Crippen MR) is 97.1 cm³/mol. The Kier molecular flexibility index (Phi) is 7.01. The summed E-state index contributed by atoms with van der Waals surface area (Å²) in [4.78, 5) is 11.4. The van der Waals surface area contributed by atoms with E-state index in [-0.39, 0.29) is 12.4 Å². The Hall–Kier alpha value is -2.34. The Morgan fingerprint density at radius 1 is 1.28 bits per heavy atom. The van der Waals surface area contributed by atoms with E-state index in [4.69, 9.17) is 14.2 Å². The molecule has 0 unspecified atom stereocenters. The molecule has 0 saturated carbocycles. The van der Waals surface area contributed by atoms with Gasteiger partial charge in [0.1, 0.15) is 12.4 Å². The highest BCUT2D eigenvalue weighted by molar-refractivity contribution is 9.10. The van der Waals surface area contributed by atoms with E-state index >= 15 is 0 Å². The molecule has 0 radical (unpaired) electrons. The maximum absolute atomic E-state index is 13.2. The Morgan fingerprint density at radius 2 is 2.08 bits per heavy atom. The Bertz CT molecular complexity index is 774. The van der Waals surface area contributed by atoms with Crippen molar-refractivity contribution in [2.24, 2.45) is 0 Å². The Balaban J connectivity index is 2.17. The van der Waals surface area contributed by atoms with Crippen LogP contribution in [0.25, 0.3) is 6.08 Å². The third-order valence-electron chi connectivity index (χ3n) is 3.22. The number of carbonyl (C=O) groups excluding carboxylic acids is 1. The van der Waals surface area contributed by atoms with Gasteiger partial charge in [-0.3, -0.25) is 0 Å². The molecular formula is C19H18BrFO4. The quantitative estimate of drug-likeness (QED) is 0.489. The Labute approximate surface area is 154 Å². The highest BCUT2D eigenvalue weighted by atomic mass is 79.9. The fourth-order valence-electron chi connectivity index (χ4n) is 2.11. The topological polar surface area (TPSA) is 44.8 Å². The van der Waals surface area contributed by atoms with Crippen LogP contribution in [-0.4, -0.2) is 19.7 Å². The van der Waals surface area contributed by atoms with Crippen molar-refractivity contribution in [2.75, 3.05) is 13.7 Å². The molecule has 0 spiro atoms. The summed E-state index contributed by atoms with van der Waals surface area (Å²) in [6.07, 6.45) is 2.97. The molecule has 2 aromatic rings. The van der Waals surface area contributed by atoms with E-state index in [9.17, 15) is 9.18 Å². The molecule has 0 atom stereocenters. The molecule has 6 heteroatoms. The molecule has 132 valence electrons. The average molecular weight is 409 g/mol. The fourth-order valence-corrected chi connectivity index (χ4v) is 2.69. The minimum Gasteiger partial charge on any atom is -0.493 e. The van der Waals surface area contributed by atoms with E-state index < -0.39 is 5.97 Å². The standard InChI is InChI=1S/C19H18BrFO4/c1-3-24-18(22)8-7-13-10-16(20)19(17(11-13)23-2)25-12-14-5-4-6-15(21)9-14/h4-11H,3,12H2,1-2H3/b8-7+. The molecular weight excluding hydrogens is 391 g/mol. The second kappa shape index (κ2) is 9.22. The first-order valence-corrected chi connectivity index (χ1v) is 8.42. The van der Waals surface area contributed by atoms with Crippen molar-refractivity contribution in [3.63, 3.8) is 0 Å². The lowest BCUT2D eigenvalue weighted by atomic mass is 10.2. The SMILES string of the molecule is CCOC(=O)/C=C/c1cc(Br)c(OCc2cccc(F)c2)c(OC)c1. The summed E-state index contributed by atoms with van der Waals surface area (Å²) in [5.41, 5.74) is 1.45. The minimum atomic E-state index is -0.413. The van der Waals surface area contributed by atoms with Crippen molar-refractivity contribution in [3.8, 4) is 11.5 Å². The number of hydrogen-bond donors (Lipinski definition) is 0. The molecule has 0 amide bonds. The third kappa shape index (κ3) is 5.60. The molecule has 0 aliphatic heterocycles. The van der Waals surface area contributed by atoms with Crippen LogP contribution in [0.4, 0.5) is 4.39 Å². The molecule has 0 saturated heterocycles. The molecule has 25 heavy (non-hydrogen) atoms. The molecule has 4 nitrogen and oxygen atoms in total. The first-order valence-electron chi connectivity index (χ1n) is 7.63. The molecule has 2 rings (SSSR count).